The Morgan fingerprint density at radius 3 is 2.74 bits per heavy atom. The number of hydrogen-bond acceptors (Lipinski definition) is 6. The molecule has 0 aliphatic carbocycles. The Labute approximate surface area is 132 Å². The van der Waals surface area contributed by atoms with E-state index in [2.05, 4.69) is 0 Å². The van der Waals surface area contributed by atoms with Crippen molar-refractivity contribution in [2.75, 3.05) is 13.2 Å². The molecule has 0 atom stereocenters. The second-order valence-corrected chi connectivity index (χ2v) is 4.83. The maximum absolute atomic E-state index is 11.9. The summed E-state index contributed by atoms with van der Waals surface area (Å²) >= 11 is 0. The summed E-state index contributed by atoms with van der Waals surface area (Å²) < 4.78 is 15.8. The van der Waals surface area contributed by atoms with Crippen molar-refractivity contribution in [2.24, 2.45) is 0 Å². The first kappa shape index (κ1) is 16.7. The summed E-state index contributed by atoms with van der Waals surface area (Å²) in [5, 5.41) is 19.0. The molecule has 2 rings (SSSR count). The highest BCUT2D eigenvalue weighted by molar-refractivity contribution is 5.89. The lowest BCUT2D eigenvalue weighted by Crippen LogP contribution is -2.07. The van der Waals surface area contributed by atoms with Crippen molar-refractivity contribution in [1.29, 1.82) is 0 Å². The van der Waals surface area contributed by atoms with E-state index >= 15 is 0 Å². The van der Waals surface area contributed by atoms with Gasteiger partial charge in [0.15, 0.2) is 17.1 Å². The highest BCUT2D eigenvalue weighted by Crippen LogP contribution is 2.35. The lowest BCUT2D eigenvalue weighted by Gasteiger charge is -2.10. The zero-order chi connectivity index (χ0) is 16.8. The van der Waals surface area contributed by atoms with Crippen molar-refractivity contribution < 1.29 is 28.9 Å². The summed E-state index contributed by atoms with van der Waals surface area (Å²) in [5.74, 6) is -1.05. The highest BCUT2D eigenvalue weighted by atomic mass is 16.5. The van der Waals surface area contributed by atoms with Crippen LogP contribution in [0.4, 0.5) is 0 Å². The molecule has 7 nitrogen and oxygen atoms in total. The number of aliphatic carboxylic acids is 1. The fourth-order valence-corrected chi connectivity index (χ4v) is 2.11. The second-order valence-electron chi connectivity index (χ2n) is 4.83. The van der Waals surface area contributed by atoms with Crippen LogP contribution in [-0.4, -0.2) is 29.4 Å². The monoisotopic (exact) mass is 322 g/mol. The third-order valence-corrected chi connectivity index (χ3v) is 3.16. The van der Waals surface area contributed by atoms with Crippen molar-refractivity contribution in [1.82, 2.24) is 0 Å². The molecular weight excluding hydrogens is 304 g/mol. The van der Waals surface area contributed by atoms with Crippen molar-refractivity contribution in [3.05, 3.63) is 28.6 Å². The third-order valence-electron chi connectivity index (χ3n) is 3.16. The topological polar surface area (TPSA) is 106 Å². The fourth-order valence-electron chi connectivity index (χ4n) is 2.11. The molecule has 1 aromatic heterocycles. The largest absolute Gasteiger partial charge is 0.504 e. The van der Waals surface area contributed by atoms with Crippen LogP contribution in [0.3, 0.4) is 0 Å². The first-order valence-corrected chi connectivity index (χ1v) is 7.30. The number of benzene rings is 1. The van der Waals surface area contributed by atoms with Gasteiger partial charge in [-0.2, -0.15) is 0 Å². The minimum Gasteiger partial charge on any atom is -0.504 e. The van der Waals surface area contributed by atoms with E-state index in [0.717, 1.165) is 0 Å². The van der Waals surface area contributed by atoms with Crippen LogP contribution in [0.2, 0.25) is 0 Å². The molecule has 2 aromatic rings. The minimum absolute atomic E-state index is 0.0759. The summed E-state index contributed by atoms with van der Waals surface area (Å²) in [6.45, 7) is 2.20. The van der Waals surface area contributed by atoms with Crippen molar-refractivity contribution in [2.45, 2.75) is 26.2 Å². The van der Waals surface area contributed by atoms with Gasteiger partial charge in [0.05, 0.1) is 18.6 Å². The average Bonchev–Trinajstić information content (AvgIpc) is 2.51. The van der Waals surface area contributed by atoms with E-state index in [1.807, 2.05) is 0 Å². The number of carbonyl (C=O) groups is 1. The van der Waals surface area contributed by atoms with Gasteiger partial charge in [-0.05, 0) is 31.9 Å². The van der Waals surface area contributed by atoms with E-state index in [9.17, 15) is 14.7 Å². The van der Waals surface area contributed by atoms with Crippen molar-refractivity contribution >= 4 is 16.9 Å². The van der Waals surface area contributed by atoms with Crippen LogP contribution in [0.1, 0.15) is 26.2 Å². The lowest BCUT2D eigenvalue weighted by atomic mass is 10.2. The summed E-state index contributed by atoms with van der Waals surface area (Å²) in [4.78, 5) is 22.3. The quantitative estimate of drug-likeness (QED) is 0.568. The number of hydrogen-bond donors (Lipinski definition) is 2. The first-order valence-electron chi connectivity index (χ1n) is 7.30. The molecule has 0 saturated carbocycles. The molecule has 7 heteroatoms. The van der Waals surface area contributed by atoms with Gasteiger partial charge < -0.3 is 24.1 Å². The predicted octanol–water partition coefficient (Wildman–Crippen LogP) is 2.53. The first-order chi connectivity index (χ1) is 11.0. The van der Waals surface area contributed by atoms with Crippen LogP contribution < -0.4 is 15.1 Å². The molecule has 23 heavy (non-hydrogen) atoms. The molecule has 1 heterocycles. The van der Waals surface area contributed by atoms with Crippen molar-refractivity contribution in [3.63, 3.8) is 0 Å². The Morgan fingerprint density at radius 2 is 2.04 bits per heavy atom. The van der Waals surface area contributed by atoms with Gasteiger partial charge in [-0.15, -0.1) is 0 Å². The van der Waals surface area contributed by atoms with Gasteiger partial charge in [-0.25, -0.2) is 4.79 Å². The summed E-state index contributed by atoms with van der Waals surface area (Å²) in [6, 6.07) is 4.86. The summed E-state index contributed by atoms with van der Waals surface area (Å²) in [7, 11) is 0. The van der Waals surface area contributed by atoms with Crippen LogP contribution in [0.5, 0.6) is 17.2 Å². The molecular formula is C16H18O7. The number of unbranched alkanes of at least 4 members (excludes halogenated alkanes) is 1. The van der Waals surface area contributed by atoms with E-state index in [1.54, 1.807) is 25.1 Å². The zero-order valence-electron chi connectivity index (χ0n) is 12.7. The van der Waals surface area contributed by atoms with Gasteiger partial charge >= 0.3 is 11.6 Å². The Hall–Kier alpha value is -2.70. The standard InChI is InChI=1S/C16H18O7/c1-2-21-15-13(19)10-6-5-7-11(14(10)23-16(15)20)22-9-4-3-8-12(17)18/h5-7,19H,2-4,8-9H2,1H3,(H,17,18). The number of carboxylic acid groups (broad SMARTS) is 1. The molecule has 2 N–H and O–H groups in total. The van der Waals surface area contributed by atoms with Gasteiger partial charge in [-0.3, -0.25) is 4.79 Å². The molecule has 0 unspecified atom stereocenters. The smallest absolute Gasteiger partial charge is 0.383 e. The van der Waals surface area contributed by atoms with Crippen LogP contribution >= 0.6 is 0 Å². The van der Waals surface area contributed by atoms with E-state index in [1.165, 1.54) is 0 Å². The normalized spacial score (nSPS) is 10.7. The van der Waals surface area contributed by atoms with E-state index in [4.69, 9.17) is 19.0 Å². The van der Waals surface area contributed by atoms with Gasteiger partial charge in [0.2, 0.25) is 5.75 Å². The Kier molecular flexibility index (Phi) is 5.46. The van der Waals surface area contributed by atoms with Gasteiger partial charge in [0.25, 0.3) is 0 Å². The van der Waals surface area contributed by atoms with E-state index in [-0.39, 0.29) is 36.7 Å². The zero-order valence-corrected chi connectivity index (χ0v) is 12.7. The molecule has 0 saturated heterocycles. The van der Waals surface area contributed by atoms with Crippen molar-refractivity contribution in [3.8, 4) is 17.2 Å². The van der Waals surface area contributed by atoms with E-state index in [0.29, 0.717) is 24.0 Å². The maximum atomic E-state index is 11.9. The van der Waals surface area contributed by atoms with Crippen LogP contribution in [-0.2, 0) is 4.79 Å². The number of para-hydroxylation sites is 1. The number of fused-ring (bicyclic) bond motifs is 1. The molecule has 0 radical (unpaired) electrons. The van der Waals surface area contributed by atoms with E-state index < -0.39 is 11.6 Å². The number of carboxylic acids is 1. The molecule has 124 valence electrons. The Bertz CT molecular complexity index is 748. The molecule has 0 amide bonds. The molecule has 0 fully saturated rings. The number of aromatic hydroxyl groups is 1. The predicted molar refractivity (Wildman–Crippen MR) is 82.3 cm³/mol. The van der Waals surface area contributed by atoms with Gasteiger partial charge in [0, 0.05) is 6.42 Å². The number of ether oxygens (including phenoxy) is 2. The Balaban J connectivity index is 2.21. The van der Waals surface area contributed by atoms with Gasteiger partial charge in [-0.1, -0.05) is 6.07 Å². The summed E-state index contributed by atoms with van der Waals surface area (Å²) in [6.07, 6.45) is 1.12. The number of rotatable bonds is 8. The van der Waals surface area contributed by atoms with Crippen LogP contribution in [0.15, 0.2) is 27.4 Å². The van der Waals surface area contributed by atoms with Crippen LogP contribution in [0.25, 0.3) is 11.0 Å². The molecule has 0 bridgehead atoms. The summed E-state index contributed by atoms with van der Waals surface area (Å²) in [5.41, 5.74) is -0.643. The molecule has 0 aliphatic rings. The molecule has 1 aromatic carbocycles. The molecule has 0 aliphatic heterocycles. The van der Waals surface area contributed by atoms with Crippen LogP contribution in [0, 0.1) is 0 Å². The second kappa shape index (κ2) is 7.53. The van der Waals surface area contributed by atoms with Gasteiger partial charge in [0.1, 0.15) is 0 Å². The fraction of sp³-hybridized carbons (Fsp3) is 0.375. The SMILES string of the molecule is CCOc1c(O)c2cccc(OCCCCC(=O)O)c2oc1=O. The maximum Gasteiger partial charge on any atom is 0.383 e. The highest BCUT2D eigenvalue weighted by Gasteiger charge is 2.17. The minimum atomic E-state index is -0.852. The third kappa shape index (κ3) is 3.94. The lowest BCUT2D eigenvalue weighted by molar-refractivity contribution is -0.137. The average molecular weight is 322 g/mol. The Morgan fingerprint density at radius 1 is 1.26 bits per heavy atom. The molecule has 0 spiro atoms.